The molecule has 0 saturated heterocycles. The molecule has 1 aromatic carbocycles. The number of hydrogen-bond donors (Lipinski definition) is 2. The van der Waals surface area contributed by atoms with E-state index in [1.165, 1.54) is 23.9 Å². The molecule has 0 radical (unpaired) electrons. The first kappa shape index (κ1) is 19.7. The molecule has 0 aliphatic heterocycles. The van der Waals surface area contributed by atoms with Crippen LogP contribution in [0.2, 0.25) is 0 Å². The Morgan fingerprint density at radius 3 is 2.60 bits per heavy atom. The lowest BCUT2D eigenvalue weighted by atomic mass is 10.1. The molecule has 7 nitrogen and oxygen atoms in total. The largest absolute Gasteiger partial charge is 0.353 e. The van der Waals surface area contributed by atoms with Crippen molar-refractivity contribution in [1.29, 1.82) is 0 Å². The molecule has 9 heteroatoms. The second-order valence-corrected chi connectivity index (χ2v) is 8.73. The van der Waals surface area contributed by atoms with Crippen molar-refractivity contribution in [2.24, 2.45) is 11.1 Å². The molecule has 138 valence electrons. The van der Waals surface area contributed by atoms with Gasteiger partial charge in [-0.05, 0) is 38.0 Å². The van der Waals surface area contributed by atoms with E-state index in [1.807, 2.05) is 18.4 Å². The molecule has 2 rings (SSSR count). The van der Waals surface area contributed by atoms with Crippen LogP contribution in [0, 0.1) is 5.92 Å². The van der Waals surface area contributed by atoms with E-state index in [4.69, 9.17) is 5.14 Å². The number of aryl methyl sites for hydroxylation is 1. The Balaban J connectivity index is 2.22. The summed E-state index contributed by atoms with van der Waals surface area (Å²) in [7, 11) is -3.77. The summed E-state index contributed by atoms with van der Waals surface area (Å²) >= 11 is 1.33. The molecule has 3 N–H and O–H groups in total. The summed E-state index contributed by atoms with van der Waals surface area (Å²) in [6.07, 6.45) is 0. The number of amides is 1. The first-order chi connectivity index (χ1) is 11.6. The van der Waals surface area contributed by atoms with E-state index in [0.29, 0.717) is 23.1 Å². The number of carbonyl (C=O) groups excluding carboxylic acids is 1. The zero-order chi connectivity index (χ0) is 18.8. The lowest BCUT2D eigenvalue weighted by Gasteiger charge is -2.17. The summed E-state index contributed by atoms with van der Waals surface area (Å²) in [4.78, 5) is 16.6. The van der Waals surface area contributed by atoms with E-state index in [2.05, 4.69) is 24.1 Å². The maximum atomic E-state index is 12.1. The lowest BCUT2D eigenvalue weighted by molar-refractivity contribution is -0.119. The van der Waals surface area contributed by atoms with Crippen LogP contribution >= 0.6 is 11.8 Å². The van der Waals surface area contributed by atoms with Gasteiger partial charge in [0.1, 0.15) is 0 Å². The third-order valence-corrected chi connectivity index (χ3v) is 5.94. The Morgan fingerprint density at radius 1 is 1.36 bits per heavy atom. The van der Waals surface area contributed by atoms with Crippen LogP contribution in [0.4, 0.5) is 0 Å². The van der Waals surface area contributed by atoms with Crippen LogP contribution in [0.15, 0.2) is 28.3 Å². The number of fused-ring (bicyclic) bond motifs is 1. The van der Waals surface area contributed by atoms with Gasteiger partial charge in [-0.1, -0.05) is 25.6 Å². The predicted molar refractivity (Wildman–Crippen MR) is 99.9 cm³/mol. The topological polar surface area (TPSA) is 107 Å². The minimum Gasteiger partial charge on any atom is -0.353 e. The highest BCUT2D eigenvalue weighted by Crippen LogP contribution is 2.25. The number of sulfonamides is 1. The van der Waals surface area contributed by atoms with Gasteiger partial charge in [0.05, 0.1) is 21.7 Å². The van der Waals surface area contributed by atoms with Gasteiger partial charge in [0.25, 0.3) is 0 Å². The van der Waals surface area contributed by atoms with Gasteiger partial charge < -0.3 is 9.88 Å². The summed E-state index contributed by atoms with van der Waals surface area (Å²) in [5, 5.41) is 8.81. The Bertz CT molecular complexity index is 875. The van der Waals surface area contributed by atoms with Crippen molar-refractivity contribution in [3.05, 3.63) is 18.2 Å². The number of hydrogen-bond acceptors (Lipinski definition) is 5. The van der Waals surface area contributed by atoms with Crippen LogP contribution in [0.1, 0.15) is 27.7 Å². The van der Waals surface area contributed by atoms with Crippen LogP contribution in [0.25, 0.3) is 11.0 Å². The number of aromatic nitrogens is 2. The number of imidazole rings is 1. The quantitative estimate of drug-likeness (QED) is 0.710. The average molecular weight is 385 g/mol. The second kappa shape index (κ2) is 7.76. The molecule has 1 aromatic heterocycles. The molecule has 1 atom stereocenters. The van der Waals surface area contributed by atoms with E-state index in [1.54, 1.807) is 6.07 Å². The number of nitrogens with two attached hydrogens (primary N) is 1. The van der Waals surface area contributed by atoms with Gasteiger partial charge in [-0.25, -0.2) is 18.5 Å². The summed E-state index contributed by atoms with van der Waals surface area (Å²) in [6.45, 7) is 8.72. The molecule has 0 spiro atoms. The molecular formula is C16H24N4O3S2. The van der Waals surface area contributed by atoms with Gasteiger partial charge in [-0.3, -0.25) is 4.79 Å². The fraction of sp³-hybridized carbons (Fsp3) is 0.500. The molecule has 0 aliphatic rings. The van der Waals surface area contributed by atoms with E-state index in [0.717, 1.165) is 5.52 Å². The number of nitrogens with one attached hydrogen (secondary N) is 1. The number of rotatable bonds is 7. The van der Waals surface area contributed by atoms with Gasteiger partial charge in [0.15, 0.2) is 5.16 Å². The second-order valence-electron chi connectivity index (χ2n) is 6.22. The van der Waals surface area contributed by atoms with Crippen LogP contribution < -0.4 is 10.5 Å². The van der Waals surface area contributed by atoms with Gasteiger partial charge >= 0.3 is 0 Å². The molecule has 0 aliphatic carbocycles. The molecule has 0 unspecified atom stereocenters. The fourth-order valence-electron chi connectivity index (χ4n) is 2.27. The number of carbonyl (C=O) groups is 1. The van der Waals surface area contributed by atoms with Crippen molar-refractivity contribution in [2.75, 3.05) is 5.75 Å². The number of benzene rings is 1. The van der Waals surface area contributed by atoms with E-state index >= 15 is 0 Å². The summed E-state index contributed by atoms with van der Waals surface area (Å²) in [6, 6.07) is 4.73. The average Bonchev–Trinajstić information content (AvgIpc) is 2.88. The molecule has 0 fully saturated rings. The van der Waals surface area contributed by atoms with Crippen molar-refractivity contribution < 1.29 is 13.2 Å². The first-order valence-corrected chi connectivity index (χ1v) is 10.6. The van der Waals surface area contributed by atoms with Gasteiger partial charge in [0, 0.05) is 12.6 Å². The highest BCUT2D eigenvalue weighted by Gasteiger charge is 2.16. The van der Waals surface area contributed by atoms with Crippen LogP contribution in [0.5, 0.6) is 0 Å². The minimum absolute atomic E-state index is 0.0285. The van der Waals surface area contributed by atoms with E-state index in [9.17, 15) is 13.2 Å². The Hall–Kier alpha value is -1.58. The van der Waals surface area contributed by atoms with Gasteiger partial charge in [-0.15, -0.1) is 0 Å². The smallest absolute Gasteiger partial charge is 0.238 e. The summed E-state index contributed by atoms with van der Waals surface area (Å²) in [5.74, 6) is 0.569. The highest BCUT2D eigenvalue weighted by atomic mass is 32.2. The summed E-state index contributed by atoms with van der Waals surface area (Å²) < 4.78 is 24.9. The Morgan fingerprint density at radius 2 is 2.04 bits per heavy atom. The number of thioether (sulfide) groups is 1. The number of primary sulfonamides is 1. The lowest BCUT2D eigenvalue weighted by Crippen LogP contribution is -2.37. The van der Waals surface area contributed by atoms with Gasteiger partial charge in [0.2, 0.25) is 15.9 Å². The first-order valence-electron chi connectivity index (χ1n) is 8.08. The van der Waals surface area contributed by atoms with Crippen molar-refractivity contribution >= 4 is 38.7 Å². The number of nitrogens with zero attached hydrogens (tertiary/aromatic N) is 2. The monoisotopic (exact) mass is 384 g/mol. The molecule has 2 aromatic rings. The maximum absolute atomic E-state index is 12.1. The highest BCUT2D eigenvalue weighted by molar-refractivity contribution is 7.99. The molecule has 1 amide bonds. The third kappa shape index (κ3) is 4.74. The summed E-state index contributed by atoms with van der Waals surface area (Å²) in [5.41, 5.74) is 1.36. The zero-order valence-electron chi connectivity index (χ0n) is 14.8. The van der Waals surface area contributed by atoms with Crippen molar-refractivity contribution in [2.45, 2.75) is 50.3 Å². The molecule has 25 heavy (non-hydrogen) atoms. The maximum Gasteiger partial charge on any atom is 0.238 e. The van der Waals surface area contributed by atoms with Crippen molar-refractivity contribution in [1.82, 2.24) is 14.9 Å². The van der Waals surface area contributed by atoms with E-state index < -0.39 is 10.0 Å². The minimum atomic E-state index is -3.77. The third-order valence-electron chi connectivity index (χ3n) is 4.05. The Labute approximate surface area is 152 Å². The standard InChI is InChI=1S/C16H24N4O3S2/c1-5-20-14-7-6-12(25(17,22)23)8-13(14)19-16(20)24-9-15(21)18-11(4)10(2)3/h6-8,10-11H,5,9H2,1-4H3,(H,18,21)(H2,17,22,23)/t11-/m1/s1. The normalized spacial score (nSPS) is 13.4. The van der Waals surface area contributed by atoms with Crippen LogP contribution in [-0.4, -0.2) is 35.7 Å². The van der Waals surface area contributed by atoms with Gasteiger partial charge in [-0.2, -0.15) is 0 Å². The van der Waals surface area contributed by atoms with Crippen molar-refractivity contribution in [3.8, 4) is 0 Å². The molecular weight excluding hydrogens is 360 g/mol. The fourth-order valence-corrected chi connectivity index (χ4v) is 3.70. The van der Waals surface area contributed by atoms with Crippen LogP contribution in [-0.2, 0) is 21.4 Å². The zero-order valence-corrected chi connectivity index (χ0v) is 16.4. The molecule has 0 saturated carbocycles. The van der Waals surface area contributed by atoms with Crippen molar-refractivity contribution in [3.63, 3.8) is 0 Å². The predicted octanol–water partition coefficient (Wildman–Crippen LogP) is 1.96. The molecule has 0 bridgehead atoms. The SMILES string of the molecule is CCn1c(SCC(=O)N[C@H](C)C(C)C)nc2cc(S(N)(=O)=O)ccc21. The van der Waals surface area contributed by atoms with E-state index in [-0.39, 0.29) is 22.6 Å². The molecule has 1 heterocycles. The Kier molecular flexibility index (Phi) is 6.12. The van der Waals surface area contributed by atoms with Crippen LogP contribution in [0.3, 0.4) is 0 Å².